The minimum absolute atomic E-state index is 0.319. The molecule has 3 fully saturated rings. The van der Waals surface area contributed by atoms with E-state index in [1.165, 1.54) is 135 Å². The Morgan fingerprint density at radius 2 is 1.71 bits per heavy atom. The van der Waals surface area contributed by atoms with Gasteiger partial charge in [-0.2, -0.15) is 0 Å². The normalized spacial score (nSPS) is 37.5. The Morgan fingerprint density at radius 1 is 0.878 bits per heavy atom. The number of nitrogens with zero attached hydrogens (tertiary/aromatic N) is 1. The smallest absolute Gasteiger partial charge is 0.0780 e. The first kappa shape index (κ1) is 31.8. The summed E-state index contributed by atoms with van der Waals surface area (Å²) in [6.07, 6.45) is 33.8. The third-order valence-corrected chi connectivity index (χ3v) is 12.9. The highest BCUT2D eigenvalue weighted by atomic mass is 16.5. The van der Waals surface area contributed by atoms with Crippen molar-refractivity contribution in [3.63, 3.8) is 0 Å². The molecule has 5 aliphatic rings. The lowest BCUT2D eigenvalue weighted by atomic mass is 9.62. The van der Waals surface area contributed by atoms with E-state index in [1.807, 2.05) is 12.7 Å². The maximum atomic E-state index is 6.26. The van der Waals surface area contributed by atoms with E-state index in [-0.39, 0.29) is 0 Å². The lowest BCUT2D eigenvalue weighted by molar-refractivity contribution is 0.0319. The summed E-state index contributed by atoms with van der Waals surface area (Å²) < 4.78 is 6.26. The van der Waals surface area contributed by atoms with Crippen LogP contribution in [0.1, 0.15) is 136 Å². The molecule has 0 amide bonds. The molecule has 0 aromatic rings. The highest BCUT2D eigenvalue weighted by molar-refractivity contribution is 5.16. The minimum Gasteiger partial charge on any atom is -0.377 e. The van der Waals surface area contributed by atoms with Crippen molar-refractivity contribution in [2.24, 2.45) is 53.3 Å². The van der Waals surface area contributed by atoms with Crippen LogP contribution in [0.5, 0.6) is 0 Å². The molecule has 0 aromatic carbocycles. The molecule has 9 unspecified atom stereocenters. The Bertz CT molecular complexity index is 825. The Hall–Kier alpha value is -0.600. The summed E-state index contributed by atoms with van der Waals surface area (Å²) in [5, 5.41) is 0. The minimum atomic E-state index is 0.319. The van der Waals surface area contributed by atoms with E-state index in [0.717, 1.165) is 47.3 Å². The van der Waals surface area contributed by atoms with Gasteiger partial charge in [0.05, 0.1) is 6.10 Å². The number of likely N-dealkylation sites (tertiary alicyclic amines) is 1. The fraction of sp³-hybridized carbons (Fsp3) is 0.897. The second-order valence-electron chi connectivity index (χ2n) is 15.7. The van der Waals surface area contributed by atoms with Gasteiger partial charge in [-0.1, -0.05) is 89.5 Å². The first-order valence-corrected chi connectivity index (χ1v) is 18.7. The molecule has 2 saturated carbocycles. The molecule has 1 saturated heterocycles. The number of hydrogen-bond acceptors (Lipinski definition) is 2. The number of methoxy groups -OCH3 is 1. The summed E-state index contributed by atoms with van der Waals surface area (Å²) in [5.41, 5.74) is 1.87. The molecule has 1 aliphatic heterocycles. The quantitative estimate of drug-likeness (QED) is 0.218. The molecule has 41 heavy (non-hydrogen) atoms. The van der Waals surface area contributed by atoms with E-state index in [9.17, 15) is 0 Å². The van der Waals surface area contributed by atoms with Crippen LogP contribution < -0.4 is 0 Å². The Balaban J connectivity index is 1.13. The van der Waals surface area contributed by atoms with Crippen LogP contribution in [-0.4, -0.2) is 37.7 Å². The highest BCUT2D eigenvalue weighted by Gasteiger charge is 2.40. The summed E-state index contributed by atoms with van der Waals surface area (Å²) in [4.78, 5) is 2.85. The van der Waals surface area contributed by atoms with Crippen molar-refractivity contribution in [3.8, 4) is 0 Å². The number of allylic oxidation sites excluding steroid dienone is 3. The van der Waals surface area contributed by atoms with Crippen LogP contribution in [0.2, 0.25) is 0 Å². The van der Waals surface area contributed by atoms with Crippen LogP contribution in [0.4, 0.5) is 0 Å². The summed E-state index contributed by atoms with van der Waals surface area (Å²) in [6.45, 7) is 11.4. The van der Waals surface area contributed by atoms with Gasteiger partial charge in [0.15, 0.2) is 0 Å². The van der Waals surface area contributed by atoms with Gasteiger partial charge in [-0.25, -0.2) is 0 Å². The van der Waals surface area contributed by atoms with Gasteiger partial charge in [0, 0.05) is 20.2 Å². The van der Waals surface area contributed by atoms with Crippen molar-refractivity contribution in [3.05, 3.63) is 23.8 Å². The second-order valence-corrected chi connectivity index (χ2v) is 15.7. The number of hydrogen-bond donors (Lipinski definition) is 0. The maximum Gasteiger partial charge on any atom is 0.0780 e. The number of rotatable bonds is 12. The van der Waals surface area contributed by atoms with Gasteiger partial charge in [-0.15, -0.1) is 0 Å². The predicted molar refractivity (Wildman–Crippen MR) is 176 cm³/mol. The van der Waals surface area contributed by atoms with Crippen molar-refractivity contribution in [2.45, 2.75) is 142 Å². The second kappa shape index (κ2) is 15.9. The number of fused-ring (bicyclic) bond motifs is 2. The maximum absolute atomic E-state index is 6.26. The molecule has 0 radical (unpaired) electrons. The van der Waals surface area contributed by atoms with Crippen molar-refractivity contribution in [1.29, 1.82) is 0 Å². The van der Waals surface area contributed by atoms with Gasteiger partial charge in [0.2, 0.25) is 0 Å². The van der Waals surface area contributed by atoms with Crippen LogP contribution in [0.25, 0.3) is 0 Å². The topological polar surface area (TPSA) is 12.5 Å². The third kappa shape index (κ3) is 8.53. The number of ether oxygens (including phenoxy) is 1. The van der Waals surface area contributed by atoms with Gasteiger partial charge in [0.1, 0.15) is 0 Å². The van der Waals surface area contributed by atoms with Gasteiger partial charge < -0.3 is 9.64 Å². The molecule has 4 aliphatic carbocycles. The first-order chi connectivity index (χ1) is 20.1. The van der Waals surface area contributed by atoms with E-state index in [0.29, 0.717) is 12.0 Å². The Labute approximate surface area is 255 Å². The van der Waals surface area contributed by atoms with E-state index in [1.54, 1.807) is 0 Å². The molecule has 0 aromatic heterocycles. The lowest BCUT2D eigenvalue weighted by Gasteiger charge is -2.44. The fourth-order valence-electron chi connectivity index (χ4n) is 10.5. The molecule has 9 atom stereocenters. The molecular formula is C39H67NO. The van der Waals surface area contributed by atoms with Crippen LogP contribution in [-0.2, 0) is 4.74 Å². The van der Waals surface area contributed by atoms with Crippen LogP contribution in [0, 0.1) is 53.3 Å². The van der Waals surface area contributed by atoms with Crippen molar-refractivity contribution >= 4 is 0 Å². The van der Waals surface area contributed by atoms with E-state index >= 15 is 0 Å². The molecule has 2 heteroatoms. The summed E-state index contributed by atoms with van der Waals surface area (Å²) in [7, 11) is 1.99. The molecule has 2 nitrogen and oxygen atoms in total. The Morgan fingerprint density at radius 3 is 2.51 bits per heavy atom. The molecule has 1 heterocycles. The summed E-state index contributed by atoms with van der Waals surface area (Å²) >= 11 is 0. The fourth-order valence-corrected chi connectivity index (χ4v) is 10.5. The van der Waals surface area contributed by atoms with E-state index in [4.69, 9.17) is 4.74 Å². The van der Waals surface area contributed by atoms with Crippen LogP contribution in [0.15, 0.2) is 23.8 Å². The Kier molecular flexibility index (Phi) is 12.4. The standard InChI is InChI=1S/C39H67NO/c1-5-10-30(11-6-2)22-23-40-27-35-19-15-32(25-36(35)28-40)17-21-39(41-4)34-18-14-29(3)38(26-34)37-20-16-31-12-8-7-9-13-33(37)24-31/h17,21,24,29-32,34-39H,5-16,18-20,22-23,25-28H2,1-4H3. The third-order valence-electron chi connectivity index (χ3n) is 12.9. The van der Waals surface area contributed by atoms with Crippen LogP contribution in [0.3, 0.4) is 0 Å². The van der Waals surface area contributed by atoms with E-state index in [2.05, 4.69) is 43.9 Å². The molecular weight excluding hydrogens is 498 g/mol. The largest absolute Gasteiger partial charge is 0.377 e. The summed E-state index contributed by atoms with van der Waals surface area (Å²) in [6, 6.07) is 0. The molecule has 0 spiro atoms. The first-order valence-electron chi connectivity index (χ1n) is 18.7. The van der Waals surface area contributed by atoms with Crippen molar-refractivity contribution < 1.29 is 4.74 Å². The monoisotopic (exact) mass is 566 g/mol. The van der Waals surface area contributed by atoms with Crippen LogP contribution >= 0.6 is 0 Å². The predicted octanol–water partition coefficient (Wildman–Crippen LogP) is 10.5. The van der Waals surface area contributed by atoms with Gasteiger partial charge in [-0.05, 0) is 130 Å². The van der Waals surface area contributed by atoms with Gasteiger partial charge >= 0.3 is 0 Å². The molecule has 5 rings (SSSR count). The van der Waals surface area contributed by atoms with Crippen molar-refractivity contribution in [1.82, 2.24) is 4.90 Å². The van der Waals surface area contributed by atoms with Gasteiger partial charge in [0.25, 0.3) is 0 Å². The lowest BCUT2D eigenvalue weighted by Crippen LogP contribution is -2.36. The average Bonchev–Trinajstić information content (AvgIpc) is 3.38. The average molecular weight is 566 g/mol. The van der Waals surface area contributed by atoms with Gasteiger partial charge in [-0.3, -0.25) is 0 Å². The zero-order chi connectivity index (χ0) is 28.6. The molecule has 2 bridgehead atoms. The SMILES string of the molecule is CCCC(CCC)CCN1CC2CCC(C=CC(OC)C3CCC(C)C(C4CCC5C=C4CCCCC5)C3)CC2C1. The zero-order valence-corrected chi connectivity index (χ0v) is 27.7. The highest BCUT2D eigenvalue weighted by Crippen LogP contribution is 2.48. The zero-order valence-electron chi connectivity index (χ0n) is 27.7. The molecule has 0 N–H and O–H groups in total. The van der Waals surface area contributed by atoms with E-state index < -0.39 is 0 Å². The summed E-state index contributed by atoms with van der Waals surface area (Å²) in [5.74, 6) is 7.85. The molecule has 234 valence electrons. The van der Waals surface area contributed by atoms with Crippen molar-refractivity contribution in [2.75, 3.05) is 26.7 Å².